The summed E-state index contributed by atoms with van der Waals surface area (Å²) < 4.78 is 32.9. The molecule has 2 aromatic carbocycles. The number of aromatic nitrogens is 5. The van der Waals surface area contributed by atoms with Crippen molar-refractivity contribution < 1.29 is 28.5 Å². The number of H-pyrrole nitrogens is 1. The molecule has 214 valence electrons. The molecule has 14 nitrogen and oxygen atoms in total. The fourth-order valence-corrected chi connectivity index (χ4v) is 3.89. The lowest BCUT2D eigenvalue weighted by Crippen LogP contribution is -2.18. The standard InChI is InChI=1S/C24H23FN8O4.C2H4O2/c1-35-17-10-13(11-18-20(17)37-9-3-8-36-18)19(30-14-4-5-15(21(26)27)16(25)12-14)22-31-24(34)33(32-22)23-28-6-2-7-29-23;1-2(3)4/h2,4-7,10-12,19,30H,3,8-9H2,1H3,(H3,26,27)(H,31,32,34);1H3,(H,3,4)/t19-;/m0./s1. The van der Waals surface area contributed by atoms with Crippen molar-refractivity contribution in [2.24, 2.45) is 5.73 Å². The Morgan fingerprint density at radius 3 is 2.61 bits per heavy atom. The molecule has 0 radical (unpaired) electrons. The Labute approximate surface area is 232 Å². The number of nitrogens with one attached hydrogen (secondary N) is 3. The minimum Gasteiger partial charge on any atom is -0.493 e. The molecule has 0 bridgehead atoms. The number of rotatable bonds is 7. The van der Waals surface area contributed by atoms with E-state index in [-0.39, 0.29) is 23.2 Å². The number of hydrogen-bond acceptors (Lipinski definition) is 10. The molecule has 0 unspecified atom stereocenters. The van der Waals surface area contributed by atoms with Gasteiger partial charge in [0.15, 0.2) is 17.3 Å². The van der Waals surface area contributed by atoms with Gasteiger partial charge >= 0.3 is 5.69 Å². The molecule has 2 aromatic heterocycles. The average Bonchev–Trinajstić information content (AvgIpc) is 3.16. The lowest BCUT2D eigenvalue weighted by molar-refractivity contribution is -0.134. The first-order chi connectivity index (χ1) is 19.7. The van der Waals surface area contributed by atoms with Crippen molar-refractivity contribution in [3.05, 3.63) is 82.0 Å². The van der Waals surface area contributed by atoms with Crippen molar-refractivity contribution in [3.8, 4) is 23.2 Å². The van der Waals surface area contributed by atoms with Gasteiger partial charge < -0.3 is 30.4 Å². The molecule has 0 spiro atoms. The molecule has 5 rings (SSSR count). The largest absolute Gasteiger partial charge is 0.493 e. The SMILES string of the molecule is CC(=O)O.COc1cc([C@H](Nc2ccc(C(=N)N)c(F)c2)c2nn(-c3ncccn3)c(=O)[nH]2)cc2c1OCCCO2. The Bertz CT molecular complexity index is 1600. The Hall–Kier alpha value is -5.47. The van der Waals surface area contributed by atoms with E-state index >= 15 is 0 Å². The first-order valence-electron chi connectivity index (χ1n) is 12.2. The fourth-order valence-electron chi connectivity index (χ4n) is 3.89. The van der Waals surface area contributed by atoms with E-state index in [0.717, 1.165) is 11.6 Å². The summed E-state index contributed by atoms with van der Waals surface area (Å²) in [6.45, 7) is 2.01. The number of ether oxygens (including phenoxy) is 3. The number of fused-ring (bicyclic) bond motifs is 1. The van der Waals surface area contributed by atoms with Crippen LogP contribution in [0.5, 0.6) is 17.2 Å². The van der Waals surface area contributed by atoms with Crippen LogP contribution in [0.4, 0.5) is 10.1 Å². The molecule has 4 aromatic rings. The molecule has 41 heavy (non-hydrogen) atoms. The zero-order chi connectivity index (χ0) is 29.5. The van der Waals surface area contributed by atoms with Gasteiger partial charge in [0.2, 0.25) is 5.75 Å². The highest BCUT2D eigenvalue weighted by molar-refractivity contribution is 5.95. The number of carboxylic acid groups (broad SMARTS) is 1. The van der Waals surface area contributed by atoms with Crippen LogP contribution in [0.15, 0.2) is 53.6 Å². The second-order valence-electron chi connectivity index (χ2n) is 8.58. The van der Waals surface area contributed by atoms with E-state index in [4.69, 9.17) is 35.3 Å². The lowest BCUT2D eigenvalue weighted by atomic mass is 10.0. The number of aromatic amines is 1. The Morgan fingerprint density at radius 2 is 1.95 bits per heavy atom. The molecule has 0 fully saturated rings. The highest BCUT2D eigenvalue weighted by atomic mass is 19.1. The van der Waals surface area contributed by atoms with Crippen LogP contribution in [0.3, 0.4) is 0 Å². The van der Waals surface area contributed by atoms with E-state index in [0.29, 0.717) is 48.1 Å². The fraction of sp³-hybridized carbons (Fsp3) is 0.231. The molecule has 3 heterocycles. The maximum Gasteiger partial charge on any atom is 0.350 e. The van der Waals surface area contributed by atoms with Gasteiger partial charge in [-0.1, -0.05) is 0 Å². The molecule has 1 aliphatic heterocycles. The summed E-state index contributed by atoms with van der Waals surface area (Å²) in [6, 6.07) is 8.47. The first-order valence-corrected chi connectivity index (χ1v) is 12.2. The van der Waals surface area contributed by atoms with Crippen LogP contribution in [0.1, 0.15) is 36.3 Å². The Morgan fingerprint density at radius 1 is 1.24 bits per heavy atom. The molecule has 0 amide bonds. The quantitative estimate of drug-likeness (QED) is 0.162. The van der Waals surface area contributed by atoms with E-state index in [1.54, 1.807) is 24.3 Å². The number of halogens is 1. The van der Waals surface area contributed by atoms with Crippen molar-refractivity contribution in [2.45, 2.75) is 19.4 Å². The van der Waals surface area contributed by atoms with Crippen LogP contribution in [-0.2, 0) is 4.79 Å². The van der Waals surface area contributed by atoms with Crippen LogP contribution in [0.2, 0.25) is 0 Å². The molecule has 0 saturated carbocycles. The van der Waals surface area contributed by atoms with Crippen LogP contribution in [-0.4, -0.2) is 62.0 Å². The van der Waals surface area contributed by atoms with Gasteiger partial charge in [-0.2, -0.15) is 0 Å². The summed E-state index contributed by atoms with van der Waals surface area (Å²) in [5.41, 5.74) is 5.80. The average molecular weight is 567 g/mol. The van der Waals surface area contributed by atoms with E-state index in [9.17, 15) is 9.18 Å². The number of carboxylic acids is 1. The van der Waals surface area contributed by atoms with Gasteiger partial charge in [-0.3, -0.25) is 15.2 Å². The van der Waals surface area contributed by atoms with Crippen LogP contribution >= 0.6 is 0 Å². The molecule has 6 N–H and O–H groups in total. The molecule has 1 aliphatic rings. The van der Waals surface area contributed by atoms with Crippen LogP contribution in [0, 0.1) is 11.2 Å². The molecular formula is C26H27FN8O6. The number of nitrogens with two attached hydrogens (primary N) is 1. The third-order valence-corrected chi connectivity index (χ3v) is 5.61. The zero-order valence-electron chi connectivity index (χ0n) is 22.1. The van der Waals surface area contributed by atoms with Gasteiger partial charge in [0.25, 0.3) is 11.9 Å². The minimum absolute atomic E-state index is 0.0294. The monoisotopic (exact) mass is 566 g/mol. The van der Waals surface area contributed by atoms with Crippen molar-refractivity contribution in [1.82, 2.24) is 24.7 Å². The van der Waals surface area contributed by atoms with Crippen molar-refractivity contribution in [3.63, 3.8) is 0 Å². The normalized spacial score (nSPS) is 12.8. The van der Waals surface area contributed by atoms with Crippen molar-refractivity contribution in [2.75, 3.05) is 25.6 Å². The smallest absolute Gasteiger partial charge is 0.350 e. The molecular weight excluding hydrogens is 539 g/mol. The lowest BCUT2D eigenvalue weighted by Gasteiger charge is -2.21. The van der Waals surface area contributed by atoms with Crippen LogP contribution < -0.4 is 31.0 Å². The Kier molecular flexibility index (Phi) is 8.76. The van der Waals surface area contributed by atoms with E-state index in [1.165, 1.54) is 31.6 Å². The number of nitrogens with zero attached hydrogens (tertiary/aromatic N) is 4. The number of methoxy groups -OCH3 is 1. The zero-order valence-corrected chi connectivity index (χ0v) is 22.1. The third kappa shape index (κ3) is 6.76. The Balaban J connectivity index is 0.000000909. The van der Waals surface area contributed by atoms with Gasteiger partial charge in [-0.25, -0.2) is 19.2 Å². The van der Waals surface area contributed by atoms with Gasteiger partial charge in [0.05, 0.1) is 25.9 Å². The summed E-state index contributed by atoms with van der Waals surface area (Å²) in [6.07, 6.45) is 3.69. The molecule has 1 atom stereocenters. The summed E-state index contributed by atoms with van der Waals surface area (Å²) in [4.78, 5) is 32.7. The predicted octanol–water partition coefficient (Wildman–Crippen LogP) is 2.24. The summed E-state index contributed by atoms with van der Waals surface area (Å²) >= 11 is 0. The number of benzene rings is 2. The van der Waals surface area contributed by atoms with Gasteiger partial charge in [-0.05, 0) is 42.0 Å². The molecule has 0 saturated heterocycles. The highest BCUT2D eigenvalue weighted by Crippen LogP contribution is 2.42. The van der Waals surface area contributed by atoms with Crippen molar-refractivity contribution >= 4 is 17.5 Å². The number of amidine groups is 1. The van der Waals surface area contributed by atoms with Crippen molar-refractivity contribution in [1.29, 1.82) is 5.41 Å². The second kappa shape index (κ2) is 12.6. The summed E-state index contributed by atoms with van der Waals surface area (Å²) in [5.74, 6) is -0.260. The highest BCUT2D eigenvalue weighted by Gasteiger charge is 2.26. The maximum absolute atomic E-state index is 14.6. The molecule has 15 heteroatoms. The van der Waals surface area contributed by atoms with Gasteiger partial charge in [-0.15, -0.1) is 9.78 Å². The topological polar surface area (TPSA) is 203 Å². The number of aliphatic carboxylic acids is 1. The number of hydrogen-bond donors (Lipinski definition) is 5. The number of nitrogen functional groups attached to an aromatic ring is 1. The molecule has 0 aliphatic carbocycles. The van der Waals surface area contributed by atoms with E-state index in [1.807, 2.05) is 0 Å². The minimum atomic E-state index is -0.833. The van der Waals surface area contributed by atoms with E-state index < -0.39 is 23.5 Å². The van der Waals surface area contributed by atoms with Crippen LogP contribution in [0.25, 0.3) is 5.95 Å². The second-order valence-corrected chi connectivity index (χ2v) is 8.58. The van der Waals surface area contributed by atoms with E-state index in [2.05, 4.69) is 25.4 Å². The van der Waals surface area contributed by atoms with Gasteiger partial charge in [0, 0.05) is 31.4 Å². The van der Waals surface area contributed by atoms with Gasteiger partial charge in [0.1, 0.15) is 17.7 Å². The first kappa shape index (κ1) is 28.5. The summed E-state index contributed by atoms with van der Waals surface area (Å²) in [5, 5.41) is 22.5. The maximum atomic E-state index is 14.6. The number of carbonyl (C=O) groups is 1. The summed E-state index contributed by atoms with van der Waals surface area (Å²) in [7, 11) is 1.51. The predicted molar refractivity (Wildman–Crippen MR) is 145 cm³/mol. The third-order valence-electron chi connectivity index (χ3n) is 5.61. The number of anilines is 1.